The van der Waals surface area contributed by atoms with Crippen molar-refractivity contribution in [1.29, 1.82) is 0 Å². The fraction of sp³-hybridized carbons (Fsp3) is 0.500. The van der Waals surface area contributed by atoms with E-state index in [1.54, 1.807) is 48.5 Å². The monoisotopic (exact) mass is 585 g/mol. The summed E-state index contributed by atoms with van der Waals surface area (Å²) in [6, 6.07) is 13.7. The molecule has 4 aliphatic carbocycles. The number of carboxylic acids is 1. The van der Waals surface area contributed by atoms with E-state index < -0.39 is 30.5 Å². The molecule has 9 nitrogen and oxygen atoms in total. The number of Topliss-reactive ketones (excluding diaryl/α,β-unsaturated/α-hetero) is 1. The zero-order chi connectivity index (χ0) is 30.3. The molecule has 7 rings (SSSR count). The molecule has 226 valence electrons. The maximum Gasteiger partial charge on any atom is 0.332 e. The van der Waals surface area contributed by atoms with Gasteiger partial charge in [-0.15, -0.1) is 0 Å². The number of benzene rings is 2. The summed E-state index contributed by atoms with van der Waals surface area (Å²) in [5.41, 5.74) is 0.943. The van der Waals surface area contributed by atoms with Gasteiger partial charge in [0.15, 0.2) is 5.78 Å². The topological polar surface area (TPSA) is 115 Å². The van der Waals surface area contributed by atoms with Crippen LogP contribution in [0.15, 0.2) is 54.6 Å². The number of carbonyl (C=O) groups is 5. The standard InChI is InChI=1S/C34H39N3O6/c1-22(38)36-12-11-30(39)27-9-5-6-10-28(27)37(33(43)35(21-31(40)41)20-23-7-3-2-4-8-23)32(42)29(36)19-34-16-24-13-25(17-34)15-26(14-24)18-34/h2-10,24-26,29H,11-21H2,1H3,(H,40,41)/t24?,25?,26?,29-,34?/m0/s1. The Morgan fingerprint density at radius 3 is 2.12 bits per heavy atom. The summed E-state index contributed by atoms with van der Waals surface area (Å²) >= 11 is 0. The van der Waals surface area contributed by atoms with E-state index >= 15 is 0 Å². The Balaban J connectivity index is 1.43. The number of amides is 4. The molecule has 4 amide bonds. The van der Waals surface area contributed by atoms with E-state index in [1.165, 1.54) is 31.1 Å². The normalized spacial score (nSPS) is 28.1. The number of anilines is 1. The van der Waals surface area contributed by atoms with Crippen LogP contribution in [0.2, 0.25) is 0 Å². The van der Waals surface area contributed by atoms with Crippen molar-refractivity contribution >= 4 is 35.3 Å². The third-order valence-electron chi connectivity index (χ3n) is 10.1. The van der Waals surface area contributed by atoms with Crippen LogP contribution in [0.3, 0.4) is 0 Å². The average molecular weight is 586 g/mol. The Morgan fingerprint density at radius 2 is 1.51 bits per heavy atom. The van der Waals surface area contributed by atoms with Gasteiger partial charge >= 0.3 is 12.0 Å². The predicted molar refractivity (Wildman–Crippen MR) is 159 cm³/mol. The smallest absolute Gasteiger partial charge is 0.332 e. The number of carboxylic acid groups (broad SMARTS) is 1. The Hall–Kier alpha value is -4.01. The molecule has 1 atom stereocenters. The predicted octanol–water partition coefficient (Wildman–Crippen LogP) is 5.14. The van der Waals surface area contributed by atoms with Crippen molar-refractivity contribution in [2.45, 2.75) is 70.9 Å². The summed E-state index contributed by atoms with van der Waals surface area (Å²) in [5, 5.41) is 9.76. The number of rotatable bonds is 6. The van der Waals surface area contributed by atoms with Crippen LogP contribution in [0, 0.1) is 23.2 Å². The first-order chi connectivity index (χ1) is 20.6. The second-order valence-corrected chi connectivity index (χ2v) is 13.2. The highest BCUT2D eigenvalue weighted by molar-refractivity contribution is 6.20. The Morgan fingerprint density at radius 1 is 0.907 bits per heavy atom. The molecule has 0 saturated heterocycles. The number of hydrogen-bond acceptors (Lipinski definition) is 5. The first-order valence-corrected chi connectivity index (χ1v) is 15.4. The Bertz CT molecular complexity index is 1400. The van der Waals surface area contributed by atoms with Crippen LogP contribution in [0.5, 0.6) is 0 Å². The summed E-state index contributed by atoms with van der Waals surface area (Å²) in [5.74, 6) is -0.527. The largest absolute Gasteiger partial charge is 0.480 e. The van der Waals surface area contributed by atoms with E-state index in [9.17, 15) is 29.1 Å². The number of fused-ring (bicyclic) bond motifs is 1. The highest BCUT2D eigenvalue weighted by atomic mass is 16.4. The molecule has 2 aromatic rings. The third kappa shape index (κ3) is 5.82. The van der Waals surface area contributed by atoms with Gasteiger partial charge in [-0.3, -0.25) is 19.2 Å². The van der Waals surface area contributed by atoms with Crippen molar-refractivity contribution in [2.24, 2.45) is 23.2 Å². The lowest BCUT2D eigenvalue weighted by Gasteiger charge is -2.58. The highest BCUT2D eigenvalue weighted by Gasteiger charge is 2.53. The fourth-order valence-electron chi connectivity index (χ4n) is 8.84. The quantitative estimate of drug-likeness (QED) is 0.502. The van der Waals surface area contributed by atoms with E-state index in [0.29, 0.717) is 29.7 Å². The van der Waals surface area contributed by atoms with E-state index in [0.717, 1.165) is 29.1 Å². The number of carbonyl (C=O) groups excluding carboxylic acids is 4. The van der Waals surface area contributed by atoms with Gasteiger partial charge in [-0.25, -0.2) is 9.69 Å². The number of imide groups is 1. The molecule has 0 unspecified atom stereocenters. The molecule has 0 aromatic heterocycles. The van der Waals surface area contributed by atoms with Crippen LogP contribution in [0.1, 0.15) is 74.2 Å². The van der Waals surface area contributed by atoms with Crippen molar-refractivity contribution < 1.29 is 29.1 Å². The molecule has 4 fully saturated rings. The molecule has 0 spiro atoms. The van der Waals surface area contributed by atoms with Gasteiger partial charge in [-0.05, 0) is 85.8 Å². The highest BCUT2D eigenvalue weighted by Crippen LogP contribution is 2.62. The van der Waals surface area contributed by atoms with Crippen molar-refractivity contribution in [3.8, 4) is 0 Å². The summed E-state index contributed by atoms with van der Waals surface area (Å²) in [7, 11) is 0. The summed E-state index contributed by atoms with van der Waals surface area (Å²) in [6.45, 7) is 0.815. The van der Waals surface area contributed by atoms with Gasteiger partial charge in [-0.2, -0.15) is 0 Å². The average Bonchev–Trinajstić information content (AvgIpc) is 2.99. The summed E-state index contributed by atoms with van der Waals surface area (Å²) in [4.78, 5) is 71.5. The Kier molecular flexibility index (Phi) is 7.83. The Labute approximate surface area is 251 Å². The van der Waals surface area contributed by atoms with Crippen molar-refractivity contribution in [1.82, 2.24) is 9.80 Å². The van der Waals surface area contributed by atoms with E-state index in [-0.39, 0.29) is 47.9 Å². The van der Waals surface area contributed by atoms with Crippen LogP contribution in [0.25, 0.3) is 0 Å². The lowest BCUT2D eigenvalue weighted by molar-refractivity contribution is -0.141. The molecule has 9 heteroatoms. The van der Waals surface area contributed by atoms with Gasteiger partial charge < -0.3 is 14.9 Å². The molecule has 4 bridgehead atoms. The summed E-state index contributed by atoms with van der Waals surface area (Å²) in [6.07, 6.45) is 7.17. The second kappa shape index (κ2) is 11.6. The zero-order valence-electron chi connectivity index (χ0n) is 24.6. The van der Waals surface area contributed by atoms with E-state index in [4.69, 9.17) is 0 Å². The van der Waals surface area contributed by atoms with Gasteiger partial charge in [-0.1, -0.05) is 42.5 Å². The molecule has 1 N–H and O–H groups in total. The molecular formula is C34H39N3O6. The van der Waals surface area contributed by atoms with Crippen LogP contribution in [-0.2, 0) is 20.9 Å². The minimum absolute atomic E-state index is 0.0200. The molecule has 2 aromatic carbocycles. The zero-order valence-corrected chi connectivity index (χ0v) is 24.6. The van der Waals surface area contributed by atoms with Crippen molar-refractivity contribution in [2.75, 3.05) is 18.0 Å². The number of ketones is 1. The molecule has 43 heavy (non-hydrogen) atoms. The van der Waals surface area contributed by atoms with Gasteiger partial charge in [0.05, 0.1) is 5.69 Å². The molecule has 1 heterocycles. The fourth-order valence-corrected chi connectivity index (χ4v) is 8.84. The van der Waals surface area contributed by atoms with Gasteiger partial charge in [0.1, 0.15) is 12.6 Å². The van der Waals surface area contributed by atoms with Crippen LogP contribution >= 0.6 is 0 Å². The minimum atomic E-state index is -1.22. The lowest BCUT2D eigenvalue weighted by atomic mass is 9.48. The number of nitrogens with zero attached hydrogens (tertiary/aromatic N) is 3. The number of para-hydroxylation sites is 1. The second-order valence-electron chi connectivity index (χ2n) is 13.2. The third-order valence-corrected chi connectivity index (χ3v) is 10.1. The molecular weight excluding hydrogens is 546 g/mol. The number of hydrogen-bond donors (Lipinski definition) is 1. The maximum absolute atomic E-state index is 14.9. The van der Waals surface area contributed by atoms with E-state index in [1.807, 2.05) is 6.07 Å². The lowest BCUT2D eigenvalue weighted by Crippen LogP contribution is -2.58. The van der Waals surface area contributed by atoms with Gasteiger partial charge in [0.25, 0.3) is 5.91 Å². The first kappa shape index (κ1) is 29.1. The first-order valence-electron chi connectivity index (χ1n) is 15.4. The molecule has 0 radical (unpaired) electrons. The molecule has 4 saturated carbocycles. The van der Waals surface area contributed by atoms with Crippen molar-refractivity contribution in [3.05, 3.63) is 65.7 Å². The number of aliphatic carboxylic acids is 1. The molecule has 1 aliphatic heterocycles. The molecule has 5 aliphatic rings. The van der Waals surface area contributed by atoms with Crippen molar-refractivity contribution in [3.63, 3.8) is 0 Å². The van der Waals surface area contributed by atoms with Gasteiger partial charge in [0, 0.05) is 32.0 Å². The van der Waals surface area contributed by atoms with Crippen LogP contribution in [0.4, 0.5) is 10.5 Å². The minimum Gasteiger partial charge on any atom is -0.480 e. The maximum atomic E-state index is 14.9. The SMILES string of the molecule is CC(=O)N1CCC(=O)c2ccccc2N(C(=O)N(CC(=O)O)Cc2ccccc2)C(=O)[C@@H]1CC12CC3CC(CC(C3)C1)C2. The number of urea groups is 1. The van der Waals surface area contributed by atoms with E-state index in [2.05, 4.69) is 0 Å². The van der Waals surface area contributed by atoms with Gasteiger partial charge in [0.2, 0.25) is 5.91 Å². The van der Waals surface area contributed by atoms with Crippen LogP contribution < -0.4 is 4.90 Å². The van der Waals surface area contributed by atoms with Crippen LogP contribution in [-0.4, -0.2) is 63.6 Å². The summed E-state index contributed by atoms with van der Waals surface area (Å²) < 4.78 is 0.